The van der Waals surface area contributed by atoms with Crippen molar-refractivity contribution in [2.24, 2.45) is 0 Å². The van der Waals surface area contributed by atoms with Crippen molar-refractivity contribution in [1.29, 1.82) is 0 Å². The zero-order valence-electron chi connectivity index (χ0n) is 14.3. The molecule has 0 radical (unpaired) electrons. The first-order valence-electron chi connectivity index (χ1n) is 8.00. The Morgan fingerprint density at radius 1 is 1.27 bits per heavy atom. The van der Waals surface area contributed by atoms with Gasteiger partial charge in [-0.2, -0.15) is 0 Å². The lowest BCUT2D eigenvalue weighted by Crippen LogP contribution is -2.33. The van der Waals surface area contributed by atoms with Crippen LogP contribution in [-0.4, -0.2) is 23.0 Å². The van der Waals surface area contributed by atoms with Crippen LogP contribution in [0.2, 0.25) is 5.02 Å². The maximum atomic E-state index is 13.3. The minimum Gasteiger partial charge on any atom is -0.383 e. The molecule has 0 unspecified atom stereocenters. The number of hydrogen-bond acceptors (Lipinski definition) is 3. The van der Waals surface area contributed by atoms with E-state index >= 15 is 0 Å². The van der Waals surface area contributed by atoms with Gasteiger partial charge in [0.25, 0.3) is 0 Å². The van der Waals surface area contributed by atoms with Crippen LogP contribution in [-0.2, 0) is 0 Å². The van der Waals surface area contributed by atoms with Crippen LogP contribution >= 0.6 is 11.6 Å². The molecule has 0 bridgehead atoms. The summed E-state index contributed by atoms with van der Waals surface area (Å²) >= 11 is 5.76. The van der Waals surface area contributed by atoms with Crippen molar-refractivity contribution < 1.29 is 9.18 Å². The molecule has 1 heterocycles. The monoisotopic (exact) mass is 372 g/mol. The zero-order chi connectivity index (χ0) is 18.8. The summed E-state index contributed by atoms with van der Waals surface area (Å²) in [4.78, 5) is 18.3. The number of carbonyl (C=O) groups is 1. The number of anilines is 2. The fourth-order valence-corrected chi connectivity index (χ4v) is 2.92. The van der Waals surface area contributed by atoms with Crippen molar-refractivity contribution >= 4 is 39.9 Å². The Morgan fingerprint density at radius 3 is 2.65 bits per heavy atom. The average molecular weight is 373 g/mol. The molecule has 7 heteroatoms. The highest BCUT2D eigenvalue weighted by atomic mass is 35.5. The Morgan fingerprint density at radius 2 is 1.96 bits per heavy atom. The summed E-state index contributed by atoms with van der Waals surface area (Å²) in [7, 11) is 1.68. The third-order valence-electron chi connectivity index (χ3n) is 4.38. The van der Waals surface area contributed by atoms with Crippen molar-refractivity contribution in [3.63, 3.8) is 0 Å². The van der Waals surface area contributed by atoms with E-state index in [2.05, 4.69) is 10.3 Å². The van der Waals surface area contributed by atoms with Crippen molar-refractivity contribution in [3.8, 4) is 0 Å². The minimum absolute atomic E-state index is 0.0489. The number of fused-ring (bicyclic) bond motifs is 1. The lowest BCUT2D eigenvalue weighted by Gasteiger charge is -2.26. The summed E-state index contributed by atoms with van der Waals surface area (Å²) in [6, 6.07) is 11.1. The molecule has 26 heavy (non-hydrogen) atoms. The zero-order valence-corrected chi connectivity index (χ0v) is 15.1. The molecule has 0 spiro atoms. The number of pyridine rings is 1. The molecule has 0 aliphatic heterocycles. The molecule has 2 aromatic carbocycles. The fraction of sp³-hybridized carbons (Fsp3) is 0.158. The fourth-order valence-electron chi connectivity index (χ4n) is 2.74. The Kier molecular flexibility index (Phi) is 4.95. The topological polar surface area (TPSA) is 71.2 Å². The Hall–Kier alpha value is -2.86. The predicted molar refractivity (Wildman–Crippen MR) is 103 cm³/mol. The quantitative estimate of drug-likeness (QED) is 0.691. The van der Waals surface area contributed by atoms with Gasteiger partial charge in [0.1, 0.15) is 11.6 Å². The van der Waals surface area contributed by atoms with E-state index in [1.54, 1.807) is 13.2 Å². The molecular formula is C19H18ClFN4O. The van der Waals surface area contributed by atoms with Crippen LogP contribution in [0.5, 0.6) is 0 Å². The highest BCUT2D eigenvalue weighted by Crippen LogP contribution is 2.29. The van der Waals surface area contributed by atoms with Crippen LogP contribution in [0.15, 0.2) is 48.7 Å². The summed E-state index contributed by atoms with van der Waals surface area (Å²) in [5.74, 6) is -0.0876. The van der Waals surface area contributed by atoms with Gasteiger partial charge in [0.15, 0.2) is 0 Å². The van der Waals surface area contributed by atoms with E-state index in [-0.39, 0.29) is 17.1 Å². The molecule has 0 aliphatic carbocycles. The van der Waals surface area contributed by atoms with E-state index in [4.69, 9.17) is 17.3 Å². The molecule has 3 N–H and O–H groups in total. The molecule has 5 nitrogen and oxygen atoms in total. The number of aromatic nitrogens is 1. The Balaban J connectivity index is 1.85. The van der Waals surface area contributed by atoms with Gasteiger partial charge in [0, 0.05) is 29.9 Å². The smallest absolute Gasteiger partial charge is 0.322 e. The van der Waals surface area contributed by atoms with E-state index < -0.39 is 5.82 Å². The second-order valence-corrected chi connectivity index (χ2v) is 6.40. The number of nitrogens with two attached hydrogens (primary N) is 1. The molecular weight excluding hydrogens is 355 g/mol. The van der Waals surface area contributed by atoms with Gasteiger partial charge in [0.05, 0.1) is 11.1 Å². The molecule has 0 fully saturated rings. The highest BCUT2D eigenvalue weighted by molar-refractivity contribution is 6.31. The first-order valence-corrected chi connectivity index (χ1v) is 8.38. The number of nitrogens with one attached hydrogen (secondary N) is 1. The molecule has 0 aliphatic rings. The van der Waals surface area contributed by atoms with Gasteiger partial charge in [-0.1, -0.05) is 35.9 Å². The van der Waals surface area contributed by atoms with Gasteiger partial charge in [-0.3, -0.25) is 0 Å². The largest absolute Gasteiger partial charge is 0.383 e. The Bertz CT molecular complexity index is 979. The maximum Gasteiger partial charge on any atom is 0.322 e. The van der Waals surface area contributed by atoms with Gasteiger partial charge in [-0.05, 0) is 30.5 Å². The van der Waals surface area contributed by atoms with E-state index in [1.807, 2.05) is 31.2 Å². The number of nitrogens with zero attached hydrogens (tertiary/aromatic N) is 2. The number of halogens is 2. The Labute approximate surface area is 155 Å². The van der Waals surface area contributed by atoms with E-state index in [1.165, 1.54) is 23.1 Å². The number of nitrogen functional groups attached to an aromatic ring is 1. The van der Waals surface area contributed by atoms with E-state index in [9.17, 15) is 9.18 Å². The molecule has 1 aromatic heterocycles. The average Bonchev–Trinajstić information content (AvgIpc) is 2.64. The molecule has 3 rings (SSSR count). The molecule has 134 valence electrons. The van der Waals surface area contributed by atoms with Gasteiger partial charge in [-0.25, -0.2) is 14.2 Å². The lowest BCUT2D eigenvalue weighted by molar-refractivity contribution is 0.208. The molecule has 3 aromatic rings. The van der Waals surface area contributed by atoms with Gasteiger partial charge >= 0.3 is 6.03 Å². The van der Waals surface area contributed by atoms with Gasteiger partial charge < -0.3 is 16.0 Å². The third-order valence-corrected chi connectivity index (χ3v) is 4.67. The normalized spacial score (nSPS) is 12.0. The number of urea groups is 1. The first kappa shape index (κ1) is 17.9. The van der Waals surface area contributed by atoms with Crippen LogP contribution in [0.25, 0.3) is 10.8 Å². The van der Waals surface area contributed by atoms with E-state index in [0.717, 1.165) is 16.3 Å². The molecule has 0 saturated carbocycles. The minimum atomic E-state index is -0.536. The summed E-state index contributed by atoms with van der Waals surface area (Å²) in [6.45, 7) is 1.90. The van der Waals surface area contributed by atoms with Crippen LogP contribution in [0.1, 0.15) is 18.5 Å². The van der Waals surface area contributed by atoms with Crippen LogP contribution in [0, 0.1) is 5.82 Å². The standard InChI is InChI=1S/C19H18ClFN4O/c1-11(15-10-23-18(22)14-6-4-3-5-13(14)15)25(2)19(26)24-12-7-8-17(21)16(20)9-12/h3-11H,1-2H3,(H2,22,23)(H,24,26)/t11-/m0/s1. The second kappa shape index (κ2) is 7.17. The highest BCUT2D eigenvalue weighted by Gasteiger charge is 2.20. The van der Waals surface area contributed by atoms with Gasteiger partial charge in [-0.15, -0.1) is 0 Å². The first-order chi connectivity index (χ1) is 12.4. The number of carbonyl (C=O) groups excluding carboxylic acids is 1. The van der Waals surface area contributed by atoms with Crippen LogP contribution in [0.3, 0.4) is 0 Å². The van der Waals surface area contributed by atoms with E-state index in [0.29, 0.717) is 11.5 Å². The maximum absolute atomic E-state index is 13.3. The number of hydrogen-bond donors (Lipinski definition) is 2. The van der Waals surface area contributed by atoms with Crippen LogP contribution in [0.4, 0.5) is 20.7 Å². The molecule has 2 amide bonds. The predicted octanol–water partition coefficient (Wildman–Crippen LogP) is 4.83. The second-order valence-electron chi connectivity index (χ2n) is 5.99. The number of amides is 2. The van der Waals surface area contributed by atoms with Crippen LogP contribution < -0.4 is 11.1 Å². The summed E-state index contributed by atoms with van der Waals surface area (Å²) < 4.78 is 13.3. The lowest BCUT2D eigenvalue weighted by atomic mass is 10.0. The summed E-state index contributed by atoms with van der Waals surface area (Å²) in [6.07, 6.45) is 1.68. The third kappa shape index (κ3) is 3.41. The number of benzene rings is 2. The van der Waals surface area contributed by atoms with Crippen molar-refractivity contribution in [2.75, 3.05) is 18.1 Å². The van der Waals surface area contributed by atoms with Gasteiger partial charge in [0.2, 0.25) is 0 Å². The van der Waals surface area contributed by atoms with Crippen molar-refractivity contribution in [3.05, 3.63) is 65.1 Å². The number of rotatable bonds is 3. The summed E-state index contributed by atoms with van der Waals surface area (Å²) in [5.41, 5.74) is 7.24. The molecule has 0 saturated heterocycles. The van der Waals surface area contributed by atoms with Crippen molar-refractivity contribution in [2.45, 2.75) is 13.0 Å². The SMILES string of the molecule is C[C@@H](c1cnc(N)c2ccccc12)N(C)C(=O)Nc1ccc(F)c(Cl)c1. The molecule has 1 atom stereocenters. The van der Waals surface area contributed by atoms with Crippen molar-refractivity contribution in [1.82, 2.24) is 9.88 Å². The summed E-state index contributed by atoms with van der Waals surface area (Å²) in [5, 5.41) is 4.45.